The number of rotatable bonds is 29. The fourth-order valence-electron chi connectivity index (χ4n) is 15.3. The van der Waals surface area contributed by atoms with E-state index in [1.54, 1.807) is 167 Å². The number of ether oxygens (including phenoxy) is 10. The van der Waals surface area contributed by atoms with Crippen molar-refractivity contribution in [2.75, 3.05) is 115 Å². The number of carbonyl (C=O) groups is 1. The van der Waals surface area contributed by atoms with E-state index in [9.17, 15) is 4.79 Å². The van der Waals surface area contributed by atoms with E-state index in [2.05, 4.69) is 110 Å². The minimum atomic E-state index is -0.892. The maximum Gasteiger partial charge on any atom is 0.246 e. The fraction of sp³-hybridized carbons (Fsp3) is 0.193. The van der Waals surface area contributed by atoms with Crippen LogP contribution in [0.15, 0.2) is 251 Å². The van der Waals surface area contributed by atoms with Gasteiger partial charge in [-0.2, -0.15) is 30.4 Å². The Morgan fingerprint density at radius 2 is 0.757 bits per heavy atom. The predicted octanol–water partition coefficient (Wildman–Crippen LogP) is 17.5. The lowest BCUT2D eigenvalue weighted by Gasteiger charge is -2.25. The molecule has 0 fully saturated rings. The van der Waals surface area contributed by atoms with Crippen LogP contribution in [0.3, 0.4) is 0 Å². The Hall–Kier alpha value is -19.5. The van der Waals surface area contributed by atoms with Crippen molar-refractivity contribution in [2.24, 2.45) is 28.2 Å². The second kappa shape index (κ2) is 46.9. The van der Waals surface area contributed by atoms with Gasteiger partial charge < -0.3 is 67.0 Å². The molecule has 0 bridgehead atoms. The Balaban J connectivity index is 0.000000141. The summed E-state index contributed by atoms with van der Waals surface area (Å²) in [7, 11) is 21.1. The molecule has 39 heteroatoms. The molecule has 37 nitrogen and oxygen atoms in total. The summed E-state index contributed by atoms with van der Waals surface area (Å²) in [5, 5.41) is 19.6. The summed E-state index contributed by atoms with van der Waals surface area (Å²) >= 11 is 0. The fourth-order valence-corrected chi connectivity index (χ4v) is 15.3. The van der Waals surface area contributed by atoms with Crippen LogP contribution in [-0.4, -0.2) is 206 Å². The standard InChI is InChI=1S/C30H29N7O3.C29H26N6O2.C27H26N8O4.C23H19F2N5O2/c1-20(2)40-30-10-11-31-29(35-30)7-6-12-37(23-13-24(38-4)16-25(14-23)39-5)22-8-9-26-27(15-22)34-28(18-32-26)21-17-33-36(3)19-21;1-20-7-5-11-30-26(20)8-6-12-35(23-13-24(36-3)16-25(14-23)37-4)22-9-10-27-28(15-22)33-29(18-31-27)21-17-32-34(2)19-21;1-34-15-17(13-30-34)24-14-29-22-6-5-18(11-23(22)31-24)35(19-9-20(37-2)12-21(10-19)38-3)16-25(36)32-27-28-8-7-26(33-27)39-4;1-5-8-30(23-21(24)19(31-3)10-20(32-4)22(23)25)15-6-7-16-17(9-15)28-18(12-26-16)14-11-27-29(2)13-14/h8-11,13-20H,12H2,1-5H3;5,7,9-11,13-19H,12H2,1-4H3;5-15H,16H2,1-4H3,(H,28,32,33,36);1,6-7,9-13H,8H2,2-4H3. The van der Waals surface area contributed by atoms with Gasteiger partial charge in [0.1, 0.15) is 52.4 Å². The van der Waals surface area contributed by atoms with Gasteiger partial charge in [-0.15, -0.1) is 6.42 Å². The van der Waals surface area contributed by atoms with E-state index in [1.165, 1.54) is 32.4 Å². The van der Waals surface area contributed by atoms with Crippen LogP contribution in [0.2, 0.25) is 0 Å². The lowest BCUT2D eigenvalue weighted by molar-refractivity contribution is -0.114. The van der Waals surface area contributed by atoms with E-state index in [-0.39, 0.29) is 48.2 Å². The molecular weight excluding hydrogens is 1890 g/mol. The number of hydrogen-bond acceptors (Lipinski definition) is 32. The molecule has 148 heavy (non-hydrogen) atoms. The van der Waals surface area contributed by atoms with Gasteiger partial charge in [-0.25, -0.2) is 43.7 Å². The normalized spacial score (nSPS) is 10.7. The van der Waals surface area contributed by atoms with E-state index in [0.717, 1.165) is 95.8 Å². The topological polar surface area (TPSA) is 373 Å². The Kier molecular flexibility index (Phi) is 32.2. The van der Waals surface area contributed by atoms with Gasteiger partial charge in [0.15, 0.2) is 23.1 Å². The van der Waals surface area contributed by atoms with Crippen molar-refractivity contribution in [1.82, 2.24) is 104 Å². The Morgan fingerprint density at radius 1 is 0.378 bits per heavy atom. The number of methoxy groups -OCH3 is 9. The molecule has 746 valence electrons. The number of terminal acetylenes is 1. The van der Waals surface area contributed by atoms with Crippen molar-refractivity contribution in [3.63, 3.8) is 0 Å². The van der Waals surface area contributed by atoms with Crippen molar-refractivity contribution in [2.45, 2.75) is 26.9 Å². The number of nitrogens with zero attached hydrogens (tertiary/aromatic N) is 25. The summed E-state index contributed by atoms with van der Waals surface area (Å²) in [6, 6.07) is 47.8. The maximum atomic E-state index is 15.1. The lowest BCUT2D eigenvalue weighted by atomic mass is 10.1. The van der Waals surface area contributed by atoms with Crippen molar-refractivity contribution >= 4 is 101 Å². The average Bonchev–Trinajstić information content (AvgIpc) is 0.913. The minimum Gasteiger partial charge on any atom is -0.497 e. The molecule has 0 atom stereocenters. The number of amides is 1. The van der Waals surface area contributed by atoms with Crippen molar-refractivity contribution in [3.8, 4) is 139 Å². The van der Waals surface area contributed by atoms with Gasteiger partial charge >= 0.3 is 0 Å². The molecule has 0 aliphatic carbocycles. The first kappa shape index (κ1) is 101. The number of benzene rings is 8. The Labute approximate surface area is 850 Å². The van der Waals surface area contributed by atoms with Crippen molar-refractivity contribution in [3.05, 3.63) is 279 Å². The number of pyridine rings is 1. The molecule has 0 saturated carbocycles. The highest BCUT2D eigenvalue weighted by Gasteiger charge is 2.28. The maximum absolute atomic E-state index is 15.1. The Morgan fingerprint density at radius 3 is 1.12 bits per heavy atom. The van der Waals surface area contributed by atoms with Gasteiger partial charge in [-0.05, 0) is 117 Å². The van der Waals surface area contributed by atoms with Gasteiger partial charge in [0.25, 0.3) is 0 Å². The number of hydrogen-bond donors (Lipinski definition) is 1. The molecule has 0 saturated heterocycles. The third kappa shape index (κ3) is 24.6. The van der Waals surface area contributed by atoms with Crippen LogP contribution in [0.4, 0.5) is 60.2 Å². The van der Waals surface area contributed by atoms with Gasteiger partial charge in [0, 0.05) is 206 Å². The number of anilines is 9. The van der Waals surface area contributed by atoms with Crippen LogP contribution in [0.5, 0.6) is 57.8 Å². The molecule has 0 unspecified atom stereocenters. The van der Waals surface area contributed by atoms with E-state index in [1.807, 2.05) is 192 Å². The number of carbonyl (C=O) groups excluding carboxylic acids is 1. The largest absolute Gasteiger partial charge is 0.497 e. The molecular formula is C109H100F2N26O11. The molecule has 1 N–H and O–H groups in total. The van der Waals surface area contributed by atoms with Gasteiger partial charge in [0.2, 0.25) is 29.4 Å². The molecule has 19 aromatic rings. The second-order valence-corrected chi connectivity index (χ2v) is 33.0. The zero-order valence-corrected chi connectivity index (χ0v) is 83.6. The zero-order chi connectivity index (χ0) is 104. The molecule has 0 aliphatic rings. The van der Waals surface area contributed by atoms with Crippen LogP contribution >= 0.6 is 0 Å². The predicted molar refractivity (Wildman–Crippen MR) is 560 cm³/mol. The first-order chi connectivity index (χ1) is 71.9. The molecule has 8 aromatic carbocycles. The Bertz CT molecular complexity index is 8120. The van der Waals surface area contributed by atoms with Crippen LogP contribution in [0, 0.1) is 54.6 Å². The summed E-state index contributed by atoms with van der Waals surface area (Å²) in [6.07, 6.45) is 31.8. The minimum absolute atomic E-state index is 0.00362. The second-order valence-electron chi connectivity index (χ2n) is 33.0. The zero-order valence-electron chi connectivity index (χ0n) is 83.6. The smallest absolute Gasteiger partial charge is 0.246 e. The molecule has 11 aromatic heterocycles. The highest BCUT2D eigenvalue weighted by Crippen LogP contribution is 2.43. The van der Waals surface area contributed by atoms with E-state index < -0.39 is 11.6 Å². The van der Waals surface area contributed by atoms with E-state index in [0.29, 0.717) is 116 Å². The van der Waals surface area contributed by atoms with Crippen LogP contribution in [0.25, 0.3) is 89.2 Å². The van der Waals surface area contributed by atoms with E-state index in [4.69, 9.17) is 68.7 Å². The molecule has 0 spiro atoms. The highest BCUT2D eigenvalue weighted by atomic mass is 19.1. The molecule has 11 heterocycles. The van der Waals surface area contributed by atoms with Crippen molar-refractivity contribution < 1.29 is 60.9 Å². The number of aromatic nitrogens is 21. The summed E-state index contributed by atoms with van der Waals surface area (Å²) in [4.78, 5) is 79.2. The lowest BCUT2D eigenvalue weighted by Crippen LogP contribution is -2.30. The van der Waals surface area contributed by atoms with Crippen LogP contribution in [-0.2, 0) is 33.0 Å². The summed E-state index contributed by atoms with van der Waals surface area (Å²) < 4.78 is 91.1. The summed E-state index contributed by atoms with van der Waals surface area (Å²) in [5.41, 5.74) is 18.6. The molecule has 19 rings (SSSR count). The van der Waals surface area contributed by atoms with Gasteiger partial charge in [-0.1, -0.05) is 23.8 Å². The average molecular weight is 1990 g/mol. The van der Waals surface area contributed by atoms with Gasteiger partial charge in [-0.3, -0.25) is 48.8 Å². The molecule has 1 amide bonds. The third-order valence-electron chi connectivity index (χ3n) is 22.6. The van der Waals surface area contributed by atoms with Gasteiger partial charge in [0.05, 0.1) is 206 Å². The first-order valence-corrected chi connectivity index (χ1v) is 45.8. The monoisotopic (exact) mass is 1990 g/mol. The molecule has 0 aliphatic heterocycles. The van der Waals surface area contributed by atoms with Crippen LogP contribution < -0.4 is 72.3 Å². The number of halogens is 2. The number of nitrogens with one attached hydrogen (secondary N) is 1. The summed E-state index contributed by atoms with van der Waals surface area (Å²) in [6.45, 7) is 6.46. The third-order valence-corrected chi connectivity index (χ3v) is 22.6. The van der Waals surface area contributed by atoms with Crippen LogP contribution in [0.1, 0.15) is 30.9 Å². The quantitative estimate of drug-likeness (QED) is 0.0425. The molecule has 0 radical (unpaired) electrons. The van der Waals surface area contributed by atoms with E-state index >= 15 is 8.78 Å². The first-order valence-electron chi connectivity index (χ1n) is 45.8. The SMILES string of the molecule is C#CCN(c1ccc2ncc(-c3cnn(C)c3)nc2c1)c1c(F)c(OC)cc(OC)c1F.COc1cc(OC)cc(N(CC#Cc2nccc(OC(C)C)n2)c2ccc3ncc(-c4cnn(C)c4)nc3c2)c1.COc1cc(OC)cc(N(CC#Cc2ncccc2C)c2ccc3ncc(-c4cnn(C)c4)nc3c2)c1.COc1cc(OC)cc(N(CC(=O)Nc2nccc(OC)n2)c2ccc3ncc(-c4cnn(C)c4)nc3c2)c1. The van der Waals surface area contributed by atoms with Crippen molar-refractivity contribution in [1.29, 1.82) is 0 Å². The summed E-state index contributed by atoms with van der Waals surface area (Å²) in [5.74, 6) is 17.9. The number of fused-ring (bicyclic) bond motifs is 4. The highest BCUT2D eigenvalue weighted by molar-refractivity contribution is 5.96. The number of aryl methyl sites for hydroxylation is 5.